The van der Waals surface area contributed by atoms with Gasteiger partial charge < -0.3 is 10.6 Å². The molecular weight excluding hydrogens is 403 g/mol. The third-order valence-corrected chi connectivity index (χ3v) is 6.27. The van der Waals surface area contributed by atoms with Crippen LogP contribution >= 0.6 is 35.3 Å². The molecule has 1 amide bonds. The third-order valence-electron chi connectivity index (χ3n) is 4.92. The first kappa shape index (κ1) is 20.1. The smallest absolute Gasteiger partial charge is 0.261 e. The van der Waals surface area contributed by atoms with Crippen LogP contribution in [0, 0.1) is 12.8 Å². The van der Waals surface area contributed by atoms with Gasteiger partial charge in [0.05, 0.1) is 16.3 Å². The van der Waals surface area contributed by atoms with E-state index in [9.17, 15) is 4.79 Å². The molecule has 2 atom stereocenters. The van der Waals surface area contributed by atoms with Crippen LogP contribution < -0.4 is 10.6 Å². The number of fused-ring (bicyclic) bond motifs is 1. The van der Waals surface area contributed by atoms with Crippen LogP contribution in [0.4, 0.5) is 0 Å². The predicted molar refractivity (Wildman–Crippen MR) is 114 cm³/mol. The van der Waals surface area contributed by atoms with Crippen molar-refractivity contribution in [2.24, 2.45) is 5.92 Å². The number of nitrogens with zero attached hydrogens (tertiary/aromatic N) is 2. The summed E-state index contributed by atoms with van der Waals surface area (Å²) >= 11 is 7.60. The Morgan fingerprint density at radius 3 is 2.96 bits per heavy atom. The number of hydrogen-bond acceptors (Lipinski definition) is 4. The number of amides is 1. The Bertz CT molecular complexity index is 968. The number of benzene rings is 1. The van der Waals surface area contributed by atoms with Crippen LogP contribution in [0.15, 0.2) is 30.3 Å². The average Bonchev–Trinajstić information content (AvgIpc) is 3.18. The summed E-state index contributed by atoms with van der Waals surface area (Å²) in [6.07, 6.45) is 0.965. The van der Waals surface area contributed by atoms with E-state index in [1.54, 1.807) is 0 Å². The van der Waals surface area contributed by atoms with E-state index in [0.717, 1.165) is 46.0 Å². The molecule has 0 bridgehead atoms. The highest BCUT2D eigenvalue weighted by Crippen LogP contribution is 2.31. The van der Waals surface area contributed by atoms with Crippen molar-refractivity contribution in [3.05, 3.63) is 45.9 Å². The van der Waals surface area contributed by atoms with Crippen LogP contribution in [0.2, 0.25) is 5.02 Å². The van der Waals surface area contributed by atoms with Crippen molar-refractivity contribution in [3.8, 4) is 5.69 Å². The summed E-state index contributed by atoms with van der Waals surface area (Å²) in [4.78, 5) is 14.5. The molecule has 1 fully saturated rings. The van der Waals surface area contributed by atoms with E-state index in [4.69, 9.17) is 11.6 Å². The number of piperidine rings is 1. The second-order valence-corrected chi connectivity index (χ2v) is 8.32. The number of thiophene rings is 1. The van der Waals surface area contributed by atoms with Crippen LogP contribution in [-0.4, -0.2) is 34.8 Å². The van der Waals surface area contributed by atoms with Gasteiger partial charge in [-0.25, -0.2) is 4.68 Å². The molecule has 0 spiro atoms. The zero-order valence-electron chi connectivity index (χ0n) is 15.2. The molecule has 1 saturated heterocycles. The van der Waals surface area contributed by atoms with Crippen LogP contribution in [0.3, 0.4) is 0 Å². The monoisotopic (exact) mass is 424 g/mol. The molecule has 1 aliphatic rings. The number of aryl methyl sites for hydroxylation is 1. The lowest BCUT2D eigenvalue weighted by Gasteiger charge is -2.30. The summed E-state index contributed by atoms with van der Waals surface area (Å²) in [5.74, 6) is 0.438. The van der Waals surface area contributed by atoms with Crippen molar-refractivity contribution in [2.75, 3.05) is 13.1 Å². The van der Waals surface area contributed by atoms with Crippen molar-refractivity contribution >= 4 is 51.5 Å². The Hall–Kier alpha value is -1.60. The first-order chi connectivity index (χ1) is 12.5. The molecule has 2 N–H and O–H groups in total. The fraction of sp³-hybridized carbons (Fsp3) is 0.368. The van der Waals surface area contributed by atoms with Gasteiger partial charge in [-0.15, -0.1) is 23.7 Å². The Morgan fingerprint density at radius 2 is 2.22 bits per heavy atom. The first-order valence-corrected chi connectivity index (χ1v) is 9.99. The fourth-order valence-electron chi connectivity index (χ4n) is 3.41. The molecule has 0 aliphatic carbocycles. The first-order valence-electron chi connectivity index (χ1n) is 8.79. The summed E-state index contributed by atoms with van der Waals surface area (Å²) in [6.45, 7) is 6.03. The molecule has 2 unspecified atom stereocenters. The zero-order chi connectivity index (χ0) is 18.3. The Morgan fingerprint density at radius 1 is 1.41 bits per heavy atom. The Labute approximate surface area is 173 Å². The number of nitrogens with one attached hydrogen (secondary N) is 2. The standard InChI is InChI=1S/C19H21ClN4OS.ClH/c1-11-10-21-7-6-16(11)22-18(25)17-9-15-12(2)23-24(19(15)26-17)14-5-3-4-13(20)8-14;/h3-5,8-9,11,16,21H,6-7,10H2,1-2H3,(H,22,25);1H. The zero-order valence-corrected chi connectivity index (χ0v) is 17.5. The van der Waals surface area contributed by atoms with Crippen LogP contribution in [0.25, 0.3) is 15.9 Å². The second kappa shape index (κ2) is 8.19. The van der Waals surface area contributed by atoms with E-state index < -0.39 is 0 Å². The van der Waals surface area contributed by atoms with Gasteiger partial charge in [0.2, 0.25) is 0 Å². The molecule has 3 aromatic rings. The number of aromatic nitrogens is 2. The van der Waals surface area contributed by atoms with Crippen molar-refractivity contribution in [3.63, 3.8) is 0 Å². The van der Waals surface area contributed by atoms with Gasteiger partial charge in [0, 0.05) is 16.5 Å². The van der Waals surface area contributed by atoms with E-state index in [1.807, 2.05) is 41.9 Å². The molecule has 0 radical (unpaired) electrons. The minimum absolute atomic E-state index is 0. The van der Waals surface area contributed by atoms with Gasteiger partial charge in [0.15, 0.2) is 0 Å². The maximum atomic E-state index is 12.8. The molecule has 1 aliphatic heterocycles. The molecule has 144 valence electrons. The normalized spacial score (nSPS) is 19.7. The molecule has 8 heteroatoms. The van der Waals surface area contributed by atoms with Crippen LogP contribution in [0.1, 0.15) is 28.7 Å². The minimum Gasteiger partial charge on any atom is -0.348 e. The van der Waals surface area contributed by atoms with Crippen LogP contribution in [0.5, 0.6) is 0 Å². The molecule has 0 saturated carbocycles. The Kier molecular flexibility index (Phi) is 6.11. The highest BCUT2D eigenvalue weighted by molar-refractivity contribution is 7.20. The SMILES string of the molecule is Cc1nn(-c2cccc(Cl)c2)c2sc(C(=O)NC3CCNCC3C)cc12.Cl. The van der Waals surface area contributed by atoms with Crippen molar-refractivity contribution in [1.82, 2.24) is 20.4 Å². The number of halogens is 2. The van der Waals surface area contributed by atoms with Gasteiger partial charge in [0.1, 0.15) is 4.83 Å². The molecule has 27 heavy (non-hydrogen) atoms. The van der Waals surface area contributed by atoms with Gasteiger partial charge in [0.25, 0.3) is 5.91 Å². The number of hydrogen-bond donors (Lipinski definition) is 2. The lowest BCUT2D eigenvalue weighted by Crippen LogP contribution is -2.48. The predicted octanol–water partition coefficient (Wildman–Crippen LogP) is 4.20. The lowest BCUT2D eigenvalue weighted by molar-refractivity contribution is 0.0918. The van der Waals surface area contributed by atoms with Crippen molar-refractivity contribution in [2.45, 2.75) is 26.3 Å². The summed E-state index contributed by atoms with van der Waals surface area (Å²) in [5, 5.41) is 12.9. The average molecular weight is 425 g/mol. The molecular formula is C19H22Cl2N4OS. The molecule has 2 aromatic heterocycles. The van der Waals surface area contributed by atoms with E-state index in [1.165, 1.54) is 11.3 Å². The van der Waals surface area contributed by atoms with Crippen molar-refractivity contribution < 1.29 is 4.79 Å². The van der Waals surface area contributed by atoms with Gasteiger partial charge in [-0.3, -0.25) is 4.79 Å². The maximum Gasteiger partial charge on any atom is 0.261 e. The maximum absolute atomic E-state index is 12.8. The van der Waals surface area contributed by atoms with Crippen molar-refractivity contribution in [1.29, 1.82) is 0 Å². The quantitative estimate of drug-likeness (QED) is 0.662. The molecule has 1 aromatic carbocycles. The fourth-order valence-corrected chi connectivity index (χ4v) is 4.68. The summed E-state index contributed by atoms with van der Waals surface area (Å²) in [6, 6.07) is 9.76. The second-order valence-electron chi connectivity index (χ2n) is 6.86. The molecule has 5 nitrogen and oxygen atoms in total. The number of rotatable bonds is 3. The van der Waals surface area contributed by atoms with E-state index in [-0.39, 0.29) is 24.4 Å². The number of carbonyl (C=O) groups is 1. The number of carbonyl (C=O) groups excluding carboxylic acids is 1. The summed E-state index contributed by atoms with van der Waals surface area (Å²) in [7, 11) is 0. The van der Waals surface area contributed by atoms with Gasteiger partial charge in [-0.05, 0) is 56.6 Å². The van der Waals surface area contributed by atoms with Gasteiger partial charge in [-0.1, -0.05) is 24.6 Å². The summed E-state index contributed by atoms with van der Waals surface area (Å²) < 4.78 is 1.87. The van der Waals surface area contributed by atoms with Crippen LogP contribution in [-0.2, 0) is 0 Å². The Balaban J connectivity index is 0.00000210. The highest BCUT2D eigenvalue weighted by Gasteiger charge is 2.24. The topological polar surface area (TPSA) is 59.0 Å². The minimum atomic E-state index is 0. The summed E-state index contributed by atoms with van der Waals surface area (Å²) in [5.41, 5.74) is 1.81. The van der Waals surface area contributed by atoms with E-state index in [2.05, 4.69) is 22.7 Å². The third kappa shape index (κ3) is 3.99. The molecule has 3 heterocycles. The van der Waals surface area contributed by atoms with Gasteiger partial charge in [-0.2, -0.15) is 5.10 Å². The largest absolute Gasteiger partial charge is 0.348 e. The highest BCUT2D eigenvalue weighted by atomic mass is 35.5. The molecule has 4 rings (SSSR count). The van der Waals surface area contributed by atoms with E-state index >= 15 is 0 Å². The lowest BCUT2D eigenvalue weighted by atomic mass is 9.95. The van der Waals surface area contributed by atoms with Gasteiger partial charge >= 0.3 is 0 Å². The van der Waals surface area contributed by atoms with E-state index in [0.29, 0.717) is 10.9 Å².